The van der Waals surface area contributed by atoms with Crippen molar-refractivity contribution in [1.82, 2.24) is 15.1 Å². The Kier molecular flexibility index (Phi) is 4.37. The number of aliphatic carboxylic acids is 1. The van der Waals surface area contributed by atoms with Crippen LogP contribution in [0.15, 0.2) is 6.08 Å². The van der Waals surface area contributed by atoms with Gasteiger partial charge in [0.2, 0.25) is 5.91 Å². The molecule has 2 N–H and O–H groups in total. The molecule has 1 heterocycles. The van der Waals surface area contributed by atoms with Crippen molar-refractivity contribution in [1.29, 1.82) is 0 Å². The molecule has 1 aromatic rings. The van der Waals surface area contributed by atoms with Crippen molar-refractivity contribution in [3.8, 4) is 0 Å². The standard InChI is InChI=1S/C14H18ClN3O3/c1-9-10(12(15)18(2)17-9)5-6-11(19)16-14(13(20)21)7-3-4-8-14/h5-6H,3-4,7-8H2,1-2H3,(H,16,19)(H,20,21)/b6-5+. The fourth-order valence-electron chi connectivity index (χ4n) is 2.64. The minimum absolute atomic E-state index is 0.432. The van der Waals surface area contributed by atoms with Crippen molar-refractivity contribution in [3.05, 3.63) is 22.5 Å². The first-order valence-electron chi connectivity index (χ1n) is 6.78. The summed E-state index contributed by atoms with van der Waals surface area (Å²) in [7, 11) is 1.71. The topological polar surface area (TPSA) is 84.2 Å². The molecular weight excluding hydrogens is 294 g/mol. The number of nitrogens with one attached hydrogen (secondary N) is 1. The molecule has 6 nitrogen and oxygen atoms in total. The lowest BCUT2D eigenvalue weighted by atomic mass is 9.98. The van der Waals surface area contributed by atoms with E-state index in [0.29, 0.717) is 29.3 Å². The molecule has 2 rings (SSSR count). The summed E-state index contributed by atoms with van der Waals surface area (Å²) in [6.45, 7) is 1.79. The summed E-state index contributed by atoms with van der Waals surface area (Å²) >= 11 is 6.07. The maximum atomic E-state index is 12.0. The quantitative estimate of drug-likeness (QED) is 0.832. The third kappa shape index (κ3) is 3.10. The van der Waals surface area contributed by atoms with Gasteiger partial charge in [-0.3, -0.25) is 9.48 Å². The highest BCUT2D eigenvalue weighted by Gasteiger charge is 2.42. The van der Waals surface area contributed by atoms with Gasteiger partial charge in [0, 0.05) is 18.7 Å². The van der Waals surface area contributed by atoms with Crippen LogP contribution in [-0.2, 0) is 16.6 Å². The van der Waals surface area contributed by atoms with E-state index in [-0.39, 0.29) is 0 Å². The summed E-state index contributed by atoms with van der Waals surface area (Å²) in [5, 5.41) is 16.5. The summed E-state index contributed by atoms with van der Waals surface area (Å²) < 4.78 is 1.52. The molecule has 1 amide bonds. The number of carboxylic acid groups (broad SMARTS) is 1. The normalized spacial score (nSPS) is 17.3. The SMILES string of the molecule is Cc1nn(C)c(Cl)c1/C=C/C(=O)NC1(C(=O)O)CCCC1. The first-order chi connectivity index (χ1) is 9.85. The van der Waals surface area contributed by atoms with Crippen molar-refractivity contribution in [2.75, 3.05) is 0 Å². The van der Waals surface area contributed by atoms with Crippen LogP contribution >= 0.6 is 11.6 Å². The van der Waals surface area contributed by atoms with E-state index in [1.807, 2.05) is 0 Å². The lowest BCUT2D eigenvalue weighted by Gasteiger charge is -2.24. The highest BCUT2D eigenvalue weighted by atomic mass is 35.5. The van der Waals surface area contributed by atoms with Crippen LogP contribution in [-0.4, -0.2) is 32.3 Å². The number of amides is 1. The van der Waals surface area contributed by atoms with Gasteiger partial charge in [-0.1, -0.05) is 24.4 Å². The van der Waals surface area contributed by atoms with Gasteiger partial charge < -0.3 is 10.4 Å². The van der Waals surface area contributed by atoms with E-state index in [1.54, 1.807) is 20.0 Å². The molecule has 0 saturated heterocycles. The molecule has 0 spiro atoms. The van der Waals surface area contributed by atoms with Crippen molar-refractivity contribution in [2.24, 2.45) is 7.05 Å². The largest absolute Gasteiger partial charge is 0.480 e. The number of hydrogen-bond donors (Lipinski definition) is 2. The predicted octanol–water partition coefficient (Wildman–Crippen LogP) is 1.91. The summed E-state index contributed by atoms with van der Waals surface area (Å²) in [6, 6.07) is 0. The molecule has 1 saturated carbocycles. The highest BCUT2D eigenvalue weighted by Crippen LogP contribution is 2.30. The number of hydrogen-bond acceptors (Lipinski definition) is 3. The zero-order valence-electron chi connectivity index (χ0n) is 12.0. The molecule has 0 unspecified atom stereocenters. The highest BCUT2D eigenvalue weighted by molar-refractivity contribution is 6.31. The second-order valence-corrected chi connectivity index (χ2v) is 5.69. The Morgan fingerprint density at radius 3 is 2.52 bits per heavy atom. The Balaban J connectivity index is 2.11. The first-order valence-corrected chi connectivity index (χ1v) is 7.16. The van der Waals surface area contributed by atoms with E-state index < -0.39 is 17.4 Å². The number of halogens is 1. The van der Waals surface area contributed by atoms with Crippen LogP contribution in [0.25, 0.3) is 6.08 Å². The van der Waals surface area contributed by atoms with E-state index in [4.69, 9.17) is 11.6 Å². The Hall–Kier alpha value is -1.82. The number of carboxylic acids is 1. The Bertz CT molecular complexity index is 601. The first kappa shape index (κ1) is 15.6. The van der Waals surface area contributed by atoms with E-state index in [1.165, 1.54) is 10.8 Å². The van der Waals surface area contributed by atoms with Crippen molar-refractivity contribution < 1.29 is 14.7 Å². The van der Waals surface area contributed by atoms with Gasteiger partial charge in [-0.05, 0) is 25.8 Å². The molecule has 0 aromatic carbocycles. The number of nitrogens with zero attached hydrogens (tertiary/aromatic N) is 2. The van der Waals surface area contributed by atoms with Gasteiger partial charge in [0.25, 0.3) is 0 Å². The average molecular weight is 312 g/mol. The molecule has 1 aliphatic carbocycles. The monoisotopic (exact) mass is 311 g/mol. The van der Waals surface area contributed by atoms with Gasteiger partial charge in [0.1, 0.15) is 10.7 Å². The fourth-order valence-corrected chi connectivity index (χ4v) is 2.88. The summed E-state index contributed by atoms with van der Waals surface area (Å²) in [5.41, 5.74) is 0.236. The lowest BCUT2D eigenvalue weighted by molar-refractivity contribution is -0.146. The summed E-state index contributed by atoms with van der Waals surface area (Å²) in [6.07, 6.45) is 5.42. The Labute approximate surface area is 127 Å². The lowest BCUT2D eigenvalue weighted by Crippen LogP contribution is -2.52. The number of aromatic nitrogens is 2. The fraction of sp³-hybridized carbons (Fsp3) is 0.500. The number of carbonyl (C=O) groups is 2. The van der Waals surface area contributed by atoms with Crippen LogP contribution in [0, 0.1) is 6.92 Å². The van der Waals surface area contributed by atoms with Crippen LogP contribution in [0.2, 0.25) is 5.15 Å². The number of aryl methyl sites for hydroxylation is 2. The molecule has 0 radical (unpaired) electrons. The van der Waals surface area contributed by atoms with Crippen molar-refractivity contribution in [3.63, 3.8) is 0 Å². The predicted molar refractivity (Wildman–Crippen MR) is 79.0 cm³/mol. The Morgan fingerprint density at radius 1 is 1.43 bits per heavy atom. The van der Waals surface area contributed by atoms with Gasteiger partial charge in [0.15, 0.2) is 0 Å². The van der Waals surface area contributed by atoms with Gasteiger partial charge >= 0.3 is 5.97 Å². The number of carbonyl (C=O) groups excluding carboxylic acids is 1. The number of rotatable bonds is 4. The molecule has 0 bridgehead atoms. The van der Waals surface area contributed by atoms with Crippen LogP contribution in [0.5, 0.6) is 0 Å². The van der Waals surface area contributed by atoms with Crippen LogP contribution < -0.4 is 5.32 Å². The van der Waals surface area contributed by atoms with E-state index in [0.717, 1.165) is 12.8 Å². The maximum Gasteiger partial charge on any atom is 0.329 e. The summed E-state index contributed by atoms with van der Waals surface area (Å²) in [5.74, 6) is -1.41. The van der Waals surface area contributed by atoms with E-state index in [9.17, 15) is 14.7 Å². The van der Waals surface area contributed by atoms with Gasteiger partial charge in [-0.2, -0.15) is 5.10 Å². The zero-order valence-corrected chi connectivity index (χ0v) is 12.8. The smallest absolute Gasteiger partial charge is 0.329 e. The van der Waals surface area contributed by atoms with Crippen molar-refractivity contribution >= 4 is 29.6 Å². The molecule has 114 valence electrons. The van der Waals surface area contributed by atoms with Crippen molar-refractivity contribution in [2.45, 2.75) is 38.1 Å². The van der Waals surface area contributed by atoms with Crippen LogP contribution in [0.3, 0.4) is 0 Å². The molecule has 0 aliphatic heterocycles. The second kappa shape index (κ2) is 5.89. The van der Waals surface area contributed by atoms with Gasteiger partial charge in [-0.15, -0.1) is 0 Å². The molecule has 0 atom stereocenters. The molecule has 7 heteroatoms. The van der Waals surface area contributed by atoms with E-state index >= 15 is 0 Å². The molecule has 1 aromatic heterocycles. The van der Waals surface area contributed by atoms with Gasteiger partial charge in [0.05, 0.1) is 5.69 Å². The van der Waals surface area contributed by atoms with Gasteiger partial charge in [-0.25, -0.2) is 4.79 Å². The third-order valence-corrected chi connectivity index (χ3v) is 4.27. The van der Waals surface area contributed by atoms with Crippen LogP contribution in [0.4, 0.5) is 0 Å². The molecule has 1 aliphatic rings. The minimum Gasteiger partial charge on any atom is -0.480 e. The third-order valence-electron chi connectivity index (χ3n) is 3.83. The van der Waals surface area contributed by atoms with Crippen LogP contribution in [0.1, 0.15) is 36.9 Å². The maximum absolute atomic E-state index is 12.0. The van der Waals surface area contributed by atoms with E-state index in [2.05, 4.69) is 10.4 Å². The molecule has 1 fully saturated rings. The molecular formula is C14H18ClN3O3. The second-order valence-electron chi connectivity index (χ2n) is 5.33. The average Bonchev–Trinajstić information content (AvgIpc) is 2.96. The molecule has 21 heavy (non-hydrogen) atoms. The Morgan fingerprint density at radius 2 is 2.05 bits per heavy atom. The summed E-state index contributed by atoms with van der Waals surface area (Å²) in [4.78, 5) is 23.4. The zero-order chi connectivity index (χ0) is 15.6. The minimum atomic E-state index is -1.13.